The molecule has 270 valence electrons. The molecule has 0 spiro atoms. The van der Waals surface area contributed by atoms with Crippen molar-refractivity contribution in [3.8, 4) is 22.1 Å². The first-order valence-corrected chi connectivity index (χ1v) is 18.5. The summed E-state index contributed by atoms with van der Waals surface area (Å²) in [5.74, 6) is -0.0347. The monoisotopic (exact) mass is 742 g/mol. The molecule has 0 radical (unpaired) electrons. The molecule has 6 rings (SSSR count). The number of imidazole rings is 1. The number of esters is 1. The third kappa shape index (κ3) is 9.30. The number of ketones is 1. The van der Waals surface area contributed by atoms with Crippen LogP contribution in [0.25, 0.3) is 31.8 Å². The number of rotatable bonds is 17. The van der Waals surface area contributed by atoms with E-state index in [1.165, 1.54) is 24.3 Å². The van der Waals surface area contributed by atoms with Gasteiger partial charge >= 0.3 is 5.97 Å². The number of thiophene rings is 1. The number of hydrogen-bond donors (Lipinski definition) is 2. The van der Waals surface area contributed by atoms with Gasteiger partial charge in [0.15, 0.2) is 17.3 Å². The highest BCUT2D eigenvalue weighted by Crippen LogP contribution is 2.39. The fourth-order valence-electron chi connectivity index (χ4n) is 6.03. The Morgan fingerprint density at radius 2 is 1.88 bits per heavy atom. The lowest BCUT2D eigenvalue weighted by atomic mass is 9.95. The summed E-state index contributed by atoms with van der Waals surface area (Å²) in [5, 5.41) is 3.69. The lowest BCUT2D eigenvalue weighted by Gasteiger charge is -2.23. The van der Waals surface area contributed by atoms with Crippen LogP contribution in [0.3, 0.4) is 0 Å². The summed E-state index contributed by atoms with van der Waals surface area (Å²) >= 11 is 7.57. The zero-order chi connectivity index (χ0) is 36.6. The van der Waals surface area contributed by atoms with Crippen LogP contribution < -0.4 is 10.1 Å². The van der Waals surface area contributed by atoms with E-state index in [1.807, 2.05) is 31.3 Å². The smallest absolute Gasteiger partial charge is 0.303 e. The molecule has 0 aliphatic rings. The van der Waals surface area contributed by atoms with Gasteiger partial charge in [-0.3, -0.25) is 24.5 Å². The fourth-order valence-corrected chi connectivity index (χ4v) is 7.25. The number of hydrogen-bond acceptors (Lipinski definition) is 10. The highest BCUT2D eigenvalue weighted by molar-refractivity contribution is 7.22. The Morgan fingerprint density at radius 3 is 2.63 bits per heavy atom. The Morgan fingerprint density at radius 1 is 1.02 bits per heavy atom. The molecule has 6 aromatic rings. The van der Waals surface area contributed by atoms with Gasteiger partial charge in [0.2, 0.25) is 5.95 Å². The molecule has 0 saturated carbocycles. The zero-order valence-corrected chi connectivity index (χ0v) is 30.8. The first-order valence-electron chi connectivity index (χ1n) is 17.3. The number of benzene rings is 2. The number of H-pyrrole nitrogens is 1. The van der Waals surface area contributed by atoms with Crippen LogP contribution in [0.2, 0.25) is 5.02 Å². The Labute approximate surface area is 310 Å². The number of nitrogens with zero attached hydrogens (tertiary/aromatic N) is 4. The van der Waals surface area contributed by atoms with Gasteiger partial charge in [-0.05, 0) is 86.8 Å². The summed E-state index contributed by atoms with van der Waals surface area (Å²) < 4.78 is 27.1. The van der Waals surface area contributed by atoms with Crippen molar-refractivity contribution in [1.82, 2.24) is 24.8 Å². The van der Waals surface area contributed by atoms with Crippen molar-refractivity contribution >= 4 is 67.6 Å². The molecule has 52 heavy (non-hydrogen) atoms. The molecule has 0 bridgehead atoms. The first-order chi connectivity index (χ1) is 25.2. The van der Waals surface area contributed by atoms with E-state index in [0.29, 0.717) is 22.4 Å². The second-order valence-corrected chi connectivity index (χ2v) is 14.1. The maximum Gasteiger partial charge on any atom is 0.303 e. The first kappa shape index (κ1) is 36.9. The predicted molar refractivity (Wildman–Crippen MR) is 204 cm³/mol. The second-order valence-electron chi connectivity index (χ2n) is 12.6. The minimum atomic E-state index is -0.529. The average molecular weight is 743 g/mol. The zero-order valence-electron chi connectivity index (χ0n) is 29.2. The normalized spacial score (nSPS) is 12.0. The molecule has 1 atom stereocenters. The topological polar surface area (TPSA) is 122 Å². The largest absolute Gasteiger partial charge is 0.458 e. The SMILES string of the molecule is CCCN(CCCC(CC)C(=O)COC(C)=O)Cc1ccc(-c2cc3nccc(Oc4ccc(Nc5nc6ccc(Cl)cc6[nH]5)cc4F)c3s2)nc1. The number of aromatic nitrogens is 4. The average Bonchev–Trinajstić information content (AvgIpc) is 3.75. The highest BCUT2D eigenvalue weighted by Gasteiger charge is 2.19. The van der Waals surface area contributed by atoms with Crippen molar-refractivity contribution in [2.75, 3.05) is 25.0 Å². The number of pyridine rings is 2. The number of carbonyl (C=O) groups is 2. The van der Waals surface area contributed by atoms with Crippen LogP contribution in [0.4, 0.5) is 16.0 Å². The molecule has 0 saturated heterocycles. The Kier molecular flexibility index (Phi) is 12.1. The van der Waals surface area contributed by atoms with Crippen molar-refractivity contribution in [2.24, 2.45) is 5.92 Å². The number of anilines is 2. The molecule has 10 nitrogen and oxygen atoms in total. The van der Waals surface area contributed by atoms with Crippen LogP contribution in [-0.4, -0.2) is 56.3 Å². The van der Waals surface area contributed by atoms with E-state index in [1.54, 1.807) is 36.5 Å². The number of halogens is 2. The molecule has 0 aliphatic carbocycles. The van der Waals surface area contributed by atoms with E-state index in [0.717, 1.165) is 82.7 Å². The summed E-state index contributed by atoms with van der Waals surface area (Å²) in [5.41, 5.74) is 4.67. The molecule has 2 aromatic carbocycles. The van der Waals surface area contributed by atoms with E-state index < -0.39 is 11.8 Å². The Balaban J connectivity index is 1.08. The van der Waals surface area contributed by atoms with Crippen LogP contribution in [-0.2, 0) is 20.9 Å². The summed E-state index contributed by atoms with van der Waals surface area (Å²) in [4.78, 5) is 43.8. The number of ether oxygens (including phenoxy) is 2. The summed E-state index contributed by atoms with van der Waals surface area (Å²) in [6.45, 7) is 7.85. The van der Waals surface area contributed by atoms with Crippen LogP contribution in [0, 0.1) is 11.7 Å². The van der Waals surface area contributed by atoms with Gasteiger partial charge in [-0.2, -0.15) is 0 Å². The molecule has 0 aliphatic heterocycles. The van der Waals surface area contributed by atoms with Crippen molar-refractivity contribution in [1.29, 1.82) is 0 Å². The summed E-state index contributed by atoms with van der Waals surface area (Å²) in [6, 6.07) is 17.8. The van der Waals surface area contributed by atoms with Crippen LogP contribution in [0.5, 0.6) is 11.5 Å². The maximum atomic E-state index is 15.3. The van der Waals surface area contributed by atoms with E-state index in [2.05, 4.69) is 38.2 Å². The van der Waals surface area contributed by atoms with Crippen molar-refractivity contribution in [3.63, 3.8) is 0 Å². The third-order valence-corrected chi connectivity index (χ3v) is 10.0. The summed E-state index contributed by atoms with van der Waals surface area (Å²) in [6.07, 6.45) is 6.91. The maximum absolute atomic E-state index is 15.3. The highest BCUT2D eigenvalue weighted by atomic mass is 35.5. The molecule has 13 heteroatoms. The molecule has 1 unspecified atom stereocenters. The lowest BCUT2D eigenvalue weighted by molar-refractivity contribution is -0.147. The minimum Gasteiger partial charge on any atom is -0.458 e. The molecule has 2 N–H and O–H groups in total. The Bertz CT molecular complexity index is 2170. The number of carbonyl (C=O) groups excluding carboxylic acids is 2. The fraction of sp³-hybridized carbons (Fsp3) is 0.308. The van der Waals surface area contributed by atoms with Gasteiger partial charge in [0, 0.05) is 54.6 Å². The van der Waals surface area contributed by atoms with Crippen LogP contribution >= 0.6 is 22.9 Å². The molecule has 4 aromatic heterocycles. The molecule has 0 amide bonds. The van der Waals surface area contributed by atoms with E-state index in [-0.39, 0.29) is 24.1 Å². The number of Topliss-reactive ketones (excluding diaryl/α,β-unsaturated/α-hetero) is 1. The number of fused-ring (bicyclic) bond motifs is 2. The van der Waals surface area contributed by atoms with Gasteiger partial charge in [-0.25, -0.2) is 9.37 Å². The van der Waals surface area contributed by atoms with Gasteiger partial charge < -0.3 is 19.8 Å². The van der Waals surface area contributed by atoms with E-state index in [9.17, 15) is 9.59 Å². The molecular weight excluding hydrogens is 703 g/mol. The third-order valence-electron chi connectivity index (χ3n) is 8.65. The Hall–Kier alpha value is -4.91. The van der Waals surface area contributed by atoms with Crippen molar-refractivity contribution in [2.45, 2.75) is 53.0 Å². The predicted octanol–water partition coefficient (Wildman–Crippen LogP) is 9.71. The quantitative estimate of drug-likeness (QED) is 0.0880. The van der Waals surface area contributed by atoms with Gasteiger partial charge in [0.1, 0.15) is 12.4 Å². The van der Waals surface area contributed by atoms with Gasteiger partial charge in [-0.1, -0.05) is 31.5 Å². The summed E-state index contributed by atoms with van der Waals surface area (Å²) in [7, 11) is 0. The molecular formula is C39H40ClFN6O4S. The standard InChI is InChI=1S/C39H40ClFN6O4S/c1-4-16-47(17-6-7-26(5-2)34(49)23-50-24(3)48)22-25-8-11-31(43-21-25)37-20-33-38(52-37)36(14-15-42-33)51-35-13-10-28(19-29(35)41)44-39-45-30-12-9-27(40)18-32(30)46-39/h8-15,18-21,26H,4-7,16-17,22-23H2,1-3H3,(H2,44,45,46). The van der Waals surface area contributed by atoms with Gasteiger partial charge in [0.25, 0.3) is 0 Å². The van der Waals surface area contributed by atoms with Crippen molar-refractivity contribution in [3.05, 3.63) is 89.5 Å². The lowest BCUT2D eigenvalue weighted by Crippen LogP contribution is -2.27. The molecule has 4 heterocycles. The second kappa shape index (κ2) is 17.1. The van der Waals surface area contributed by atoms with Gasteiger partial charge in [-0.15, -0.1) is 11.3 Å². The van der Waals surface area contributed by atoms with Crippen LogP contribution in [0.1, 0.15) is 52.0 Å². The minimum absolute atomic E-state index is 0.0176. The van der Waals surface area contributed by atoms with Crippen molar-refractivity contribution < 1.29 is 23.5 Å². The van der Waals surface area contributed by atoms with E-state index in [4.69, 9.17) is 26.1 Å². The van der Waals surface area contributed by atoms with Crippen LogP contribution in [0.15, 0.2) is 73.1 Å². The number of aromatic amines is 1. The van der Waals surface area contributed by atoms with Gasteiger partial charge in [0.05, 0.1) is 31.8 Å². The number of nitrogens with one attached hydrogen (secondary N) is 2. The molecule has 0 fully saturated rings. The van der Waals surface area contributed by atoms with E-state index >= 15 is 4.39 Å².